The molecule has 0 bridgehead atoms. The molecule has 0 unspecified atom stereocenters. The molecule has 0 aliphatic heterocycles. The third kappa shape index (κ3) is 8.58. The van der Waals surface area contributed by atoms with Crippen LogP contribution in [0.5, 0.6) is 0 Å². The lowest BCUT2D eigenvalue weighted by Gasteiger charge is -2.35. The number of benzene rings is 4. The fourth-order valence-electron chi connectivity index (χ4n) is 5.98. The van der Waals surface area contributed by atoms with Gasteiger partial charge in [0, 0.05) is 24.0 Å². The van der Waals surface area contributed by atoms with Gasteiger partial charge in [-0.2, -0.15) is 0 Å². The van der Waals surface area contributed by atoms with Gasteiger partial charge in [0.25, 0.3) is 10.0 Å². The lowest BCUT2D eigenvalue weighted by atomic mass is 9.94. The highest BCUT2D eigenvalue weighted by Gasteiger charge is 2.36. The number of nitrogens with one attached hydrogen (secondary N) is 1. The Balaban J connectivity index is 1.58. The van der Waals surface area contributed by atoms with E-state index in [1.165, 1.54) is 29.2 Å². The normalized spacial score (nSPS) is 14.3. The minimum absolute atomic E-state index is 0.00753. The summed E-state index contributed by atoms with van der Waals surface area (Å²) < 4.78 is 43.4. The highest BCUT2D eigenvalue weighted by atomic mass is 35.5. The zero-order valence-corrected chi connectivity index (χ0v) is 27.9. The van der Waals surface area contributed by atoms with Crippen molar-refractivity contribution in [1.82, 2.24) is 10.2 Å². The van der Waals surface area contributed by atoms with Gasteiger partial charge in [0.15, 0.2) is 0 Å². The molecule has 1 saturated carbocycles. The molecule has 1 N–H and O–H groups in total. The molecular formula is C37H39ClFN3O4S. The SMILES string of the molecule is Cc1c(Cl)cccc1N(CC(=O)N(Cc1ccc(F)cc1)[C@H](Cc1ccccc1)C(=O)NC1CCCCC1)S(=O)(=O)c1ccccc1. The number of sulfonamides is 1. The Kier molecular flexibility index (Phi) is 11.3. The molecule has 0 aromatic heterocycles. The summed E-state index contributed by atoms with van der Waals surface area (Å²) in [5, 5.41) is 3.53. The Morgan fingerprint density at radius 1 is 0.851 bits per heavy atom. The van der Waals surface area contributed by atoms with E-state index in [4.69, 9.17) is 11.6 Å². The van der Waals surface area contributed by atoms with Gasteiger partial charge in [-0.3, -0.25) is 13.9 Å². The van der Waals surface area contributed by atoms with Crippen molar-refractivity contribution in [3.63, 3.8) is 0 Å². The van der Waals surface area contributed by atoms with Gasteiger partial charge in [0.2, 0.25) is 11.8 Å². The van der Waals surface area contributed by atoms with Crippen molar-refractivity contribution in [2.75, 3.05) is 10.8 Å². The smallest absolute Gasteiger partial charge is 0.264 e. The van der Waals surface area contributed by atoms with Gasteiger partial charge in [-0.05, 0) is 72.9 Å². The molecule has 2 amide bonds. The summed E-state index contributed by atoms with van der Waals surface area (Å²) in [7, 11) is -4.25. The number of amides is 2. The van der Waals surface area contributed by atoms with Crippen molar-refractivity contribution in [2.45, 2.75) is 69.0 Å². The molecule has 246 valence electrons. The molecule has 1 aliphatic carbocycles. The second-order valence-electron chi connectivity index (χ2n) is 11.9. The summed E-state index contributed by atoms with van der Waals surface area (Å²) in [5.41, 5.74) is 2.18. The summed E-state index contributed by atoms with van der Waals surface area (Å²) in [5.74, 6) is -1.33. The standard InChI is InChI=1S/C37H39ClFN3O4S/c1-27-33(38)18-11-19-34(27)42(47(45,46)32-16-9-4-10-17-32)26-36(43)41(25-29-20-22-30(39)23-21-29)35(24-28-12-5-2-6-13-28)37(44)40-31-14-7-3-8-15-31/h2,4-6,9-13,16-23,31,35H,3,7-8,14-15,24-26H2,1H3,(H,40,44)/t35-/m1/s1. The van der Waals surface area contributed by atoms with E-state index in [1.807, 2.05) is 30.3 Å². The van der Waals surface area contributed by atoms with Crippen molar-refractivity contribution in [2.24, 2.45) is 0 Å². The first-order valence-corrected chi connectivity index (χ1v) is 17.7. The maximum Gasteiger partial charge on any atom is 0.264 e. The molecule has 7 nitrogen and oxygen atoms in total. The van der Waals surface area contributed by atoms with E-state index in [2.05, 4.69) is 5.32 Å². The van der Waals surface area contributed by atoms with E-state index >= 15 is 0 Å². The number of hydrogen-bond donors (Lipinski definition) is 1. The molecule has 1 aliphatic rings. The van der Waals surface area contributed by atoms with Gasteiger partial charge in [-0.25, -0.2) is 12.8 Å². The third-order valence-electron chi connectivity index (χ3n) is 8.61. The van der Waals surface area contributed by atoms with Crippen molar-refractivity contribution >= 4 is 39.1 Å². The Hall–Kier alpha value is -4.21. The Morgan fingerprint density at radius 2 is 1.49 bits per heavy atom. The van der Waals surface area contributed by atoms with Crippen LogP contribution in [-0.4, -0.2) is 43.8 Å². The van der Waals surface area contributed by atoms with Crippen molar-refractivity contribution in [1.29, 1.82) is 0 Å². The van der Waals surface area contributed by atoms with Crippen LogP contribution in [0.3, 0.4) is 0 Å². The predicted octanol–water partition coefficient (Wildman–Crippen LogP) is 7.07. The largest absolute Gasteiger partial charge is 0.352 e. The van der Waals surface area contributed by atoms with Gasteiger partial charge in [0.1, 0.15) is 18.4 Å². The van der Waals surface area contributed by atoms with Crippen molar-refractivity contribution < 1.29 is 22.4 Å². The van der Waals surface area contributed by atoms with Crippen LogP contribution in [0.25, 0.3) is 0 Å². The second-order valence-corrected chi connectivity index (χ2v) is 14.2. The fourth-order valence-corrected chi connectivity index (χ4v) is 7.65. The molecule has 5 rings (SSSR count). The molecular weight excluding hydrogens is 637 g/mol. The second kappa shape index (κ2) is 15.6. The fraction of sp³-hybridized carbons (Fsp3) is 0.297. The minimum Gasteiger partial charge on any atom is -0.352 e. The summed E-state index contributed by atoms with van der Waals surface area (Å²) in [6.45, 7) is 1.06. The number of carbonyl (C=O) groups excluding carboxylic acids is 2. The number of carbonyl (C=O) groups is 2. The van der Waals surface area contributed by atoms with Crippen molar-refractivity contribution in [3.05, 3.63) is 131 Å². The lowest BCUT2D eigenvalue weighted by molar-refractivity contribution is -0.140. The first-order chi connectivity index (χ1) is 22.6. The third-order valence-corrected chi connectivity index (χ3v) is 10.8. The van der Waals surface area contributed by atoms with Crippen LogP contribution in [0.4, 0.5) is 10.1 Å². The van der Waals surface area contributed by atoms with Crippen molar-refractivity contribution in [3.8, 4) is 0 Å². The molecule has 0 spiro atoms. The lowest BCUT2D eigenvalue weighted by Crippen LogP contribution is -2.55. The van der Waals surface area contributed by atoms with Gasteiger partial charge >= 0.3 is 0 Å². The van der Waals surface area contributed by atoms with E-state index in [0.717, 1.165) is 42.0 Å². The predicted molar refractivity (Wildman–Crippen MR) is 183 cm³/mol. The first-order valence-electron chi connectivity index (χ1n) is 15.8. The maximum atomic E-state index is 14.6. The molecule has 10 heteroatoms. The average molecular weight is 676 g/mol. The van der Waals surface area contributed by atoms with E-state index in [0.29, 0.717) is 16.1 Å². The van der Waals surface area contributed by atoms with Gasteiger partial charge in [-0.1, -0.05) is 97.6 Å². The van der Waals surface area contributed by atoms with E-state index in [-0.39, 0.29) is 35.5 Å². The maximum absolute atomic E-state index is 14.6. The molecule has 47 heavy (non-hydrogen) atoms. The molecule has 0 heterocycles. The summed E-state index contributed by atoms with van der Waals surface area (Å²) in [4.78, 5) is 30.2. The highest BCUT2D eigenvalue weighted by molar-refractivity contribution is 7.92. The average Bonchev–Trinajstić information content (AvgIpc) is 3.08. The van der Waals surface area contributed by atoms with Gasteiger partial charge in [0.05, 0.1) is 10.6 Å². The zero-order valence-electron chi connectivity index (χ0n) is 26.3. The monoisotopic (exact) mass is 675 g/mol. The number of halogens is 2. The number of nitrogens with zero attached hydrogens (tertiary/aromatic N) is 2. The number of hydrogen-bond acceptors (Lipinski definition) is 4. The van der Waals surface area contributed by atoms with Crippen LogP contribution in [0.15, 0.2) is 108 Å². The molecule has 4 aromatic rings. The van der Waals surface area contributed by atoms with Crippen LogP contribution >= 0.6 is 11.6 Å². The van der Waals surface area contributed by atoms with E-state index < -0.39 is 34.3 Å². The molecule has 0 radical (unpaired) electrons. The summed E-state index contributed by atoms with van der Waals surface area (Å²) in [6.07, 6.45) is 5.05. The van der Waals surface area contributed by atoms with Crippen LogP contribution in [-0.2, 0) is 32.6 Å². The van der Waals surface area contributed by atoms with Crippen LogP contribution in [0.1, 0.15) is 48.8 Å². The Labute approximate surface area is 281 Å². The molecule has 1 fully saturated rings. The zero-order chi connectivity index (χ0) is 33.4. The van der Waals surface area contributed by atoms with Crippen LogP contribution < -0.4 is 9.62 Å². The Morgan fingerprint density at radius 3 is 2.15 bits per heavy atom. The minimum atomic E-state index is -4.25. The number of anilines is 1. The van der Waals surface area contributed by atoms with E-state index in [1.54, 1.807) is 55.5 Å². The van der Waals surface area contributed by atoms with Crippen LogP contribution in [0.2, 0.25) is 5.02 Å². The van der Waals surface area contributed by atoms with Gasteiger partial charge in [-0.15, -0.1) is 0 Å². The van der Waals surface area contributed by atoms with Crippen LogP contribution in [0, 0.1) is 12.7 Å². The summed E-state index contributed by atoms with van der Waals surface area (Å²) in [6, 6.07) is 26.9. The number of rotatable bonds is 12. The summed E-state index contributed by atoms with van der Waals surface area (Å²) >= 11 is 6.45. The first kappa shape index (κ1) is 34.1. The molecule has 0 saturated heterocycles. The quantitative estimate of drug-likeness (QED) is 0.174. The highest BCUT2D eigenvalue weighted by Crippen LogP contribution is 2.31. The Bertz CT molecular complexity index is 1770. The molecule has 4 aromatic carbocycles. The van der Waals surface area contributed by atoms with Gasteiger partial charge < -0.3 is 10.2 Å². The topological polar surface area (TPSA) is 86.8 Å². The molecule has 1 atom stereocenters. The van der Waals surface area contributed by atoms with E-state index in [9.17, 15) is 22.4 Å².